The van der Waals surface area contributed by atoms with Crippen LogP contribution < -0.4 is 9.47 Å². The minimum absolute atomic E-state index is 0.285. The molecule has 154 valence electrons. The summed E-state index contributed by atoms with van der Waals surface area (Å²) in [5.41, 5.74) is 3.13. The maximum atomic E-state index is 13.1. The van der Waals surface area contributed by atoms with Crippen molar-refractivity contribution in [2.45, 2.75) is 32.2 Å². The summed E-state index contributed by atoms with van der Waals surface area (Å²) < 4.78 is 45.5. The van der Waals surface area contributed by atoms with Crippen LogP contribution in [0.3, 0.4) is 0 Å². The molecule has 0 bridgehead atoms. The van der Waals surface area contributed by atoms with Crippen molar-refractivity contribution in [2.24, 2.45) is 0 Å². The molecule has 0 radical (unpaired) electrons. The fraction of sp³-hybridized carbons (Fsp3) is 0.526. The molecule has 28 heavy (non-hydrogen) atoms. The van der Waals surface area contributed by atoms with Crippen LogP contribution in [0.1, 0.15) is 22.5 Å². The summed E-state index contributed by atoms with van der Waals surface area (Å²) in [5.74, 6) is 1.29. The van der Waals surface area contributed by atoms with E-state index in [1.165, 1.54) is 4.31 Å². The molecule has 1 aliphatic rings. The molecule has 1 aromatic heterocycles. The second kappa shape index (κ2) is 8.10. The first-order chi connectivity index (χ1) is 13.3. The smallest absolute Gasteiger partial charge is 0.246 e. The van der Waals surface area contributed by atoms with Gasteiger partial charge in [-0.1, -0.05) is 0 Å². The molecule has 0 N–H and O–H groups in total. The Morgan fingerprint density at radius 1 is 1.07 bits per heavy atom. The van der Waals surface area contributed by atoms with Gasteiger partial charge in [0.15, 0.2) is 11.5 Å². The molecule has 3 rings (SSSR count). The number of aryl methyl sites for hydroxylation is 2. The predicted molar refractivity (Wildman–Crippen MR) is 105 cm³/mol. The number of hydrogen-bond acceptors (Lipinski definition) is 6. The van der Waals surface area contributed by atoms with Gasteiger partial charge in [0.05, 0.1) is 45.4 Å². The number of ether oxygens (including phenoxy) is 3. The number of hydrogen-bond donors (Lipinski definition) is 0. The van der Waals surface area contributed by atoms with Gasteiger partial charge in [0.2, 0.25) is 10.0 Å². The maximum absolute atomic E-state index is 13.1. The van der Waals surface area contributed by atoms with E-state index in [1.807, 2.05) is 19.1 Å². The van der Waals surface area contributed by atoms with Crippen molar-refractivity contribution in [1.29, 1.82) is 0 Å². The molecule has 1 saturated heterocycles. The molecule has 1 aliphatic heterocycles. The Morgan fingerprint density at radius 3 is 2.29 bits per heavy atom. The summed E-state index contributed by atoms with van der Waals surface area (Å²) in [6.07, 6.45) is 0. The van der Waals surface area contributed by atoms with Gasteiger partial charge in [-0.25, -0.2) is 8.42 Å². The number of rotatable bonds is 6. The lowest BCUT2D eigenvalue weighted by Gasteiger charge is -2.26. The van der Waals surface area contributed by atoms with E-state index < -0.39 is 10.0 Å². The standard InChI is InChI=1S/C19H27N3O5S/c1-13-10-17(25-4)18(26-5)11-16(13)12-22-15(3)19(14(2)20-22)28(23,24)21-6-8-27-9-7-21/h10-11H,6-9,12H2,1-5H3. The van der Waals surface area contributed by atoms with Crippen LogP contribution >= 0.6 is 0 Å². The third-order valence-electron chi connectivity index (χ3n) is 5.05. The van der Waals surface area contributed by atoms with Gasteiger partial charge in [-0.2, -0.15) is 9.40 Å². The molecule has 0 unspecified atom stereocenters. The first-order valence-corrected chi connectivity index (χ1v) is 10.6. The Morgan fingerprint density at radius 2 is 1.68 bits per heavy atom. The molecule has 0 spiro atoms. The highest BCUT2D eigenvalue weighted by Crippen LogP contribution is 2.31. The lowest BCUT2D eigenvalue weighted by molar-refractivity contribution is 0.0730. The zero-order valence-electron chi connectivity index (χ0n) is 17.0. The fourth-order valence-electron chi connectivity index (χ4n) is 3.48. The Bertz CT molecular complexity index is 962. The molecule has 0 saturated carbocycles. The lowest BCUT2D eigenvalue weighted by atomic mass is 10.1. The van der Waals surface area contributed by atoms with Crippen LogP contribution in [-0.2, 0) is 21.3 Å². The van der Waals surface area contributed by atoms with E-state index in [4.69, 9.17) is 14.2 Å². The highest BCUT2D eigenvalue weighted by molar-refractivity contribution is 7.89. The molecule has 0 amide bonds. The fourth-order valence-corrected chi connectivity index (χ4v) is 5.26. The quantitative estimate of drug-likeness (QED) is 0.725. The molecule has 0 aliphatic carbocycles. The monoisotopic (exact) mass is 409 g/mol. The summed E-state index contributed by atoms with van der Waals surface area (Å²) in [7, 11) is -0.415. The zero-order chi connectivity index (χ0) is 20.5. The third-order valence-corrected chi connectivity index (χ3v) is 7.20. The maximum Gasteiger partial charge on any atom is 0.246 e. The Kier molecular flexibility index (Phi) is 5.97. The number of morpholine rings is 1. The molecule has 1 fully saturated rings. The summed E-state index contributed by atoms with van der Waals surface area (Å²) in [5, 5.41) is 4.51. The number of nitrogens with zero attached hydrogens (tertiary/aromatic N) is 3. The largest absolute Gasteiger partial charge is 0.493 e. The number of methoxy groups -OCH3 is 2. The van der Waals surface area contributed by atoms with Crippen LogP contribution in [0.25, 0.3) is 0 Å². The average molecular weight is 410 g/mol. The van der Waals surface area contributed by atoms with Crippen molar-refractivity contribution in [3.8, 4) is 11.5 Å². The van der Waals surface area contributed by atoms with Gasteiger partial charge in [0, 0.05) is 13.1 Å². The van der Waals surface area contributed by atoms with Crippen molar-refractivity contribution in [3.05, 3.63) is 34.6 Å². The number of sulfonamides is 1. The van der Waals surface area contributed by atoms with E-state index in [9.17, 15) is 8.42 Å². The van der Waals surface area contributed by atoms with E-state index >= 15 is 0 Å². The lowest BCUT2D eigenvalue weighted by Crippen LogP contribution is -2.41. The molecule has 1 aromatic carbocycles. The normalized spacial score (nSPS) is 15.6. The van der Waals surface area contributed by atoms with Crippen LogP contribution in [0.15, 0.2) is 17.0 Å². The van der Waals surface area contributed by atoms with Gasteiger partial charge < -0.3 is 14.2 Å². The second-order valence-electron chi connectivity index (χ2n) is 6.81. The van der Waals surface area contributed by atoms with E-state index in [2.05, 4.69) is 5.10 Å². The Labute approximate surface area is 166 Å². The molecule has 8 nitrogen and oxygen atoms in total. The Hall–Kier alpha value is -2.10. The summed E-state index contributed by atoms with van der Waals surface area (Å²) in [6.45, 7) is 7.50. The first-order valence-electron chi connectivity index (χ1n) is 9.13. The van der Waals surface area contributed by atoms with E-state index in [0.717, 1.165) is 11.1 Å². The van der Waals surface area contributed by atoms with Crippen molar-refractivity contribution in [1.82, 2.24) is 14.1 Å². The summed E-state index contributed by atoms with van der Waals surface area (Å²) >= 11 is 0. The first kappa shape index (κ1) is 20.6. The molecule has 2 aromatic rings. The van der Waals surface area contributed by atoms with Gasteiger partial charge in [-0.05, 0) is 44.0 Å². The van der Waals surface area contributed by atoms with Gasteiger partial charge in [0.25, 0.3) is 0 Å². The van der Waals surface area contributed by atoms with Crippen molar-refractivity contribution < 1.29 is 22.6 Å². The van der Waals surface area contributed by atoms with Gasteiger partial charge in [0.1, 0.15) is 4.90 Å². The van der Waals surface area contributed by atoms with Crippen LogP contribution in [0.4, 0.5) is 0 Å². The SMILES string of the molecule is COc1cc(C)c(Cn2nc(C)c(S(=O)(=O)N3CCOCC3)c2C)cc1OC. The minimum Gasteiger partial charge on any atom is -0.493 e. The third kappa shape index (κ3) is 3.74. The summed E-state index contributed by atoms with van der Waals surface area (Å²) in [4.78, 5) is 0.285. The number of aromatic nitrogens is 2. The van der Waals surface area contributed by atoms with Gasteiger partial charge >= 0.3 is 0 Å². The van der Waals surface area contributed by atoms with Crippen molar-refractivity contribution in [3.63, 3.8) is 0 Å². The van der Waals surface area contributed by atoms with E-state index in [-0.39, 0.29) is 4.90 Å². The molecule has 9 heteroatoms. The van der Waals surface area contributed by atoms with Crippen molar-refractivity contribution in [2.75, 3.05) is 40.5 Å². The van der Waals surface area contributed by atoms with Crippen LogP contribution in [-0.4, -0.2) is 63.0 Å². The van der Waals surface area contributed by atoms with Crippen LogP contribution in [0.5, 0.6) is 11.5 Å². The van der Waals surface area contributed by atoms with E-state index in [1.54, 1.807) is 32.7 Å². The molecular formula is C19H27N3O5S. The molecular weight excluding hydrogens is 382 g/mol. The molecule has 2 heterocycles. The van der Waals surface area contributed by atoms with Gasteiger partial charge in [-0.15, -0.1) is 0 Å². The number of benzene rings is 1. The molecule has 0 atom stereocenters. The average Bonchev–Trinajstić information content (AvgIpc) is 2.97. The Balaban J connectivity index is 1.97. The van der Waals surface area contributed by atoms with Crippen molar-refractivity contribution >= 4 is 10.0 Å². The zero-order valence-corrected chi connectivity index (χ0v) is 17.8. The summed E-state index contributed by atoms with van der Waals surface area (Å²) in [6, 6.07) is 3.81. The predicted octanol–water partition coefficient (Wildman–Crippen LogP) is 1.89. The van der Waals surface area contributed by atoms with Crippen LogP contribution in [0, 0.1) is 20.8 Å². The second-order valence-corrected chi connectivity index (χ2v) is 8.68. The van der Waals surface area contributed by atoms with Crippen LogP contribution in [0.2, 0.25) is 0 Å². The minimum atomic E-state index is -3.60. The van der Waals surface area contributed by atoms with E-state index in [0.29, 0.717) is 55.7 Å². The highest BCUT2D eigenvalue weighted by atomic mass is 32.2. The topological polar surface area (TPSA) is 82.9 Å². The highest BCUT2D eigenvalue weighted by Gasteiger charge is 2.32. The van der Waals surface area contributed by atoms with Gasteiger partial charge in [-0.3, -0.25) is 4.68 Å².